The van der Waals surface area contributed by atoms with Crippen molar-refractivity contribution in [2.45, 2.75) is 12.5 Å². The van der Waals surface area contributed by atoms with E-state index in [4.69, 9.17) is 15.2 Å². The third kappa shape index (κ3) is 3.35. The molecule has 5 nitrogen and oxygen atoms in total. The first kappa shape index (κ1) is 11.7. The predicted molar refractivity (Wildman–Crippen MR) is 64.0 cm³/mol. The summed E-state index contributed by atoms with van der Waals surface area (Å²) in [5, 5.41) is 3.32. The van der Waals surface area contributed by atoms with Gasteiger partial charge in [0.15, 0.2) is 0 Å². The molecule has 1 aliphatic rings. The van der Waals surface area contributed by atoms with Crippen molar-refractivity contribution < 1.29 is 14.3 Å². The number of anilines is 1. The van der Waals surface area contributed by atoms with E-state index in [0.717, 1.165) is 24.7 Å². The van der Waals surface area contributed by atoms with E-state index in [1.807, 2.05) is 24.3 Å². The van der Waals surface area contributed by atoms with Crippen LogP contribution in [0.2, 0.25) is 0 Å². The van der Waals surface area contributed by atoms with Gasteiger partial charge < -0.3 is 20.5 Å². The van der Waals surface area contributed by atoms with Crippen LogP contribution in [0.15, 0.2) is 24.3 Å². The Morgan fingerprint density at radius 2 is 2.24 bits per heavy atom. The van der Waals surface area contributed by atoms with Gasteiger partial charge in [-0.25, -0.2) is 0 Å². The summed E-state index contributed by atoms with van der Waals surface area (Å²) < 4.78 is 10.6. The van der Waals surface area contributed by atoms with Gasteiger partial charge in [-0.05, 0) is 12.1 Å². The van der Waals surface area contributed by atoms with E-state index >= 15 is 0 Å². The molecule has 1 aromatic rings. The maximum absolute atomic E-state index is 10.6. The second-order valence-electron chi connectivity index (χ2n) is 3.94. The van der Waals surface area contributed by atoms with Gasteiger partial charge in [-0.2, -0.15) is 0 Å². The largest absolute Gasteiger partial charge is 0.491 e. The number of rotatable bonds is 6. The van der Waals surface area contributed by atoms with Crippen molar-refractivity contribution in [1.82, 2.24) is 0 Å². The van der Waals surface area contributed by atoms with E-state index in [1.165, 1.54) is 0 Å². The molecule has 92 valence electrons. The van der Waals surface area contributed by atoms with Crippen molar-refractivity contribution in [2.75, 3.05) is 25.1 Å². The zero-order valence-electron chi connectivity index (χ0n) is 9.52. The van der Waals surface area contributed by atoms with E-state index in [0.29, 0.717) is 12.6 Å². The quantitative estimate of drug-likeness (QED) is 0.764. The Hall–Kier alpha value is -1.75. The first-order chi connectivity index (χ1) is 8.25. The Morgan fingerprint density at radius 3 is 2.88 bits per heavy atom. The highest BCUT2D eigenvalue weighted by atomic mass is 16.5. The number of nitrogens with two attached hydrogens (primary N) is 1. The number of ether oxygens (including phenoxy) is 2. The Balaban J connectivity index is 1.92. The molecule has 1 fully saturated rings. The number of hydrogen-bond acceptors (Lipinski definition) is 4. The third-order valence-electron chi connectivity index (χ3n) is 2.49. The van der Waals surface area contributed by atoms with Crippen molar-refractivity contribution in [3.63, 3.8) is 0 Å². The monoisotopic (exact) mass is 236 g/mol. The first-order valence-electron chi connectivity index (χ1n) is 5.60. The van der Waals surface area contributed by atoms with E-state index in [2.05, 4.69) is 5.32 Å². The van der Waals surface area contributed by atoms with Crippen molar-refractivity contribution in [3.8, 4) is 5.75 Å². The number of carbonyl (C=O) groups excluding carboxylic acids is 1. The predicted octanol–water partition coefficient (Wildman–Crippen LogP) is 0.751. The zero-order valence-corrected chi connectivity index (χ0v) is 9.52. The lowest BCUT2D eigenvalue weighted by atomic mass is 10.2. The first-order valence-corrected chi connectivity index (χ1v) is 5.60. The molecule has 0 saturated carbocycles. The van der Waals surface area contributed by atoms with Crippen LogP contribution in [0.4, 0.5) is 5.69 Å². The highest BCUT2D eigenvalue weighted by molar-refractivity contribution is 5.73. The van der Waals surface area contributed by atoms with Crippen LogP contribution in [0.3, 0.4) is 0 Å². The maximum atomic E-state index is 10.6. The molecule has 5 heteroatoms. The molecule has 1 aliphatic heterocycles. The van der Waals surface area contributed by atoms with Gasteiger partial charge in [0.2, 0.25) is 5.91 Å². The molecular weight excluding hydrogens is 220 g/mol. The molecule has 0 radical (unpaired) electrons. The molecule has 17 heavy (non-hydrogen) atoms. The molecule has 1 aromatic carbocycles. The van der Waals surface area contributed by atoms with Crippen molar-refractivity contribution >= 4 is 11.6 Å². The summed E-state index contributed by atoms with van der Waals surface area (Å²) in [7, 11) is 0. The number of para-hydroxylation sites is 2. The molecule has 0 spiro atoms. The SMILES string of the molecule is NC(=O)CCOc1ccccc1NC1COC1. The van der Waals surface area contributed by atoms with Gasteiger partial charge >= 0.3 is 0 Å². The van der Waals surface area contributed by atoms with Crippen LogP contribution in [0, 0.1) is 0 Å². The summed E-state index contributed by atoms with van der Waals surface area (Å²) in [4.78, 5) is 10.6. The molecular formula is C12H16N2O3. The maximum Gasteiger partial charge on any atom is 0.220 e. The molecule has 1 heterocycles. The summed E-state index contributed by atoms with van der Waals surface area (Å²) in [6.45, 7) is 1.74. The highest BCUT2D eigenvalue weighted by Crippen LogP contribution is 2.25. The van der Waals surface area contributed by atoms with Crippen LogP contribution in [0.25, 0.3) is 0 Å². The van der Waals surface area contributed by atoms with E-state index in [-0.39, 0.29) is 12.3 Å². The standard InChI is InChI=1S/C12H16N2O3/c13-12(15)5-6-17-11-4-2-1-3-10(11)14-9-7-16-8-9/h1-4,9,14H,5-8H2,(H2,13,15). The van der Waals surface area contributed by atoms with Gasteiger partial charge in [-0.3, -0.25) is 4.79 Å². The Bertz CT molecular complexity index is 391. The average molecular weight is 236 g/mol. The van der Waals surface area contributed by atoms with Gasteiger partial charge in [0, 0.05) is 0 Å². The summed E-state index contributed by atoms with van der Waals surface area (Å²) in [6, 6.07) is 7.97. The number of amides is 1. The molecule has 1 saturated heterocycles. The smallest absolute Gasteiger partial charge is 0.220 e. The second-order valence-corrected chi connectivity index (χ2v) is 3.94. The lowest BCUT2D eigenvalue weighted by Crippen LogP contribution is -2.40. The van der Waals surface area contributed by atoms with Gasteiger partial charge in [0.25, 0.3) is 0 Å². The molecule has 1 amide bonds. The highest BCUT2D eigenvalue weighted by Gasteiger charge is 2.19. The molecule has 0 aromatic heterocycles. The fourth-order valence-corrected chi connectivity index (χ4v) is 1.51. The molecule has 0 aliphatic carbocycles. The summed E-state index contributed by atoms with van der Waals surface area (Å²) >= 11 is 0. The average Bonchev–Trinajstić information content (AvgIpc) is 2.25. The molecule has 0 bridgehead atoms. The van der Waals surface area contributed by atoms with Crippen LogP contribution >= 0.6 is 0 Å². The van der Waals surface area contributed by atoms with E-state index < -0.39 is 0 Å². The van der Waals surface area contributed by atoms with Crippen LogP contribution in [0.1, 0.15) is 6.42 Å². The van der Waals surface area contributed by atoms with Crippen molar-refractivity contribution in [3.05, 3.63) is 24.3 Å². The Morgan fingerprint density at radius 1 is 1.47 bits per heavy atom. The fraction of sp³-hybridized carbons (Fsp3) is 0.417. The number of primary amides is 1. The Labute approximate surface area is 99.9 Å². The minimum absolute atomic E-state index is 0.223. The lowest BCUT2D eigenvalue weighted by molar-refractivity contribution is -0.118. The zero-order chi connectivity index (χ0) is 12.1. The van der Waals surface area contributed by atoms with Crippen LogP contribution in [-0.2, 0) is 9.53 Å². The summed E-state index contributed by atoms with van der Waals surface area (Å²) in [5.41, 5.74) is 5.98. The van der Waals surface area contributed by atoms with Crippen LogP contribution < -0.4 is 15.8 Å². The molecule has 3 N–H and O–H groups in total. The van der Waals surface area contributed by atoms with Crippen LogP contribution in [-0.4, -0.2) is 31.8 Å². The number of hydrogen-bond donors (Lipinski definition) is 2. The van der Waals surface area contributed by atoms with Gasteiger partial charge in [0.1, 0.15) is 5.75 Å². The number of carbonyl (C=O) groups is 1. The normalized spacial score (nSPS) is 15.1. The number of benzene rings is 1. The summed E-state index contributed by atoms with van der Waals surface area (Å²) in [6.07, 6.45) is 0.223. The topological polar surface area (TPSA) is 73.6 Å². The van der Waals surface area contributed by atoms with E-state index in [1.54, 1.807) is 0 Å². The van der Waals surface area contributed by atoms with Crippen LogP contribution in [0.5, 0.6) is 5.75 Å². The molecule has 0 unspecified atom stereocenters. The summed E-state index contributed by atoms with van der Waals surface area (Å²) in [5.74, 6) is 0.378. The van der Waals surface area contributed by atoms with Crippen molar-refractivity contribution in [2.24, 2.45) is 5.73 Å². The van der Waals surface area contributed by atoms with Crippen molar-refractivity contribution in [1.29, 1.82) is 0 Å². The fourth-order valence-electron chi connectivity index (χ4n) is 1.51. The van der Waals surface area contributed by atoms with E-state index in [9.17, 15) is 4.79 Å². The second kappa shape index (κ2) is 5.54. The molecule has 0 atom stereocenters. The van der Waals surface area contributed by atoms with Gasteiger partial charge in [0.05, 0.1) is 38.0 Å². The minimum atomic E-state index is -0.358. The third-order valence-corrected chi connectivity index (χ3v) is 2.49. The van der Waals surface area contributed by atoms with Gasteiger partial charge in [-0.15, -0.1) is 0 Å². The number of nitrogens with one attached hydrogen (secondary N) is 1. The Kier molecular flexibility index (Phi) is 3.82. The molecule has 2 rings (SSSR count). The van der Waals surface area contributed by atoms with Gasteiger partial charge in [-0.1, -0.05) is 12.1 Å². The lowest BCUT2D eigenvalue weighted by Gasteiger charge is -2.28. The minimum Gasteiger partial charge on any atom is -0.491 e.